The number of rotatable bonds is 5. The monoisotopic (exact) mass is 193 g/mol. The first-order valence-electron chi connectivity index (χ1n) is 5.41. The zero-order valence-electron chi connectivity index (χ0n) is 9.12. The first-order chi connectivity index (χ1) is 6.74. The Morgan fingerprint density at radius 1 is 1.29 bits per heavy atom. The van der Waals surface area contributed by atoms with Gasteiger partial charge in [-0.25, -0.2) is 0 Å². The molecule has 1 aromatic rings. The van der Waals surface area contributed by atoms with Crippen LogP contribution in [0.5, 0.6) is 0 Å². The van der Waals surface area contributed by atoms with Crippen molar-refractivity contribution in [2.45, 2.75) is 46.1 Å². The van der Waals surface area contributed by atoms with Crippen LogP contribution in [0.2, 0.25) is 0 Å². The van der Waals surface area contributed by atoms with E-state index in [1.807, 2.05) is 13.1 Å². The summed E-state index contributed by atoms with van der Waals surface area (Å²) in [6, 6.07) is 3.33. The predicted molar refractivity (Wildman–Crippen MR) is 59.6 cm³/mol. The summed E-state index contributed by atoms with van der Waals surface area (Å²) in [5, 5.41) is 0. The molecule has 1 heterocycles. The molecule has 0 fully saturated rings. The fraction of sp³-hybridized carbons (Fsp3) is 0.583. The van der Waals surface area contributed by atoms with Gasteiger partial charge in [0.2, 0.25) is 0 Å². The Labute approximate surface area is 85.6 Å². The molecule has 0 N–H and O–H groups in total. The van der Waals surface area contributed by atoms with E-state index in [2.05, 4.69) is 11.5 Å². The summed E-state index contributed by atoms with van der Waals surface area (Å²) in [7, 11) is 0. The average molecular weight is 193 g/mol. The number of aromatic nitrogens is 1. The number of pyridine rings is 1. The van der Waals surface area contributed by atoms with Crippen LogP contribution in [0.3, 0.4) is 0 Å². The van der Waals surface area contributed by atoms with E-state index in [0.29, 0.717) is 0 Å². The van der Waals surface area contributed by atoms with Gasteiger partial charge in [-0.2, -0.15) is 0 Å². The summed E-state index contributed by atoms with van der Waals surface area (Å²) in [6.07, 6.45) is 6.95. The van der Waals surface area contributed by atoms with Crippen LogP contribution >= 0.6 is 0 Å². The highest BCUT2D eigenvalue weighted by Gasteiger charge is 1.95. The summed E-state index contributed by atoms with van der Waals surface area (Å²) >= 11 is 0. The molecule has 0 saturated heterocycles. The molecule has 0 amide bonds. The second kappa shape index (κ2) is 5.63. The van der Waals surface area contributed by atoms with Gasteiger partial charge in [-0.3, -0.25) is 4.79 Å². The normalized spacial score (nSPS) is 10.4. The summed E-state index contributed by atoms with van der Waals surface area (Å²) in [4.78, 5) is 11.0. The highest BCUT2D eigenvalue weighted by atomic mass is 16.1. The van der Waals surface area contributed by atoms with E-state index in [9.17, 15) is 4.79 Å². The molecule has 0 radical (unpaired) electrons. The van der Waals surface area contributed by atoms with Gasteiger partial charge in [-0.05, 0) is 13.3 Å². The van der Waals surface area contributed by atoms with Crippen molar-refractivity contribution in [2.75, 3.05) is 0 Å². The maximum absolute atomic E-state index is 11.0. The van der Waals surface area contributed by atoms with E-state index < -0.39 is 0 Å². The van der Waals surface area contributed by atoms with Crippen molar-refractivity contribution in [3.63, 3.8) is 0 Å². The number of hydrogen-bond acceptors (Lipinski definition) is 1. The van der Waals surface area contributed by atoms with E-state index in [1.165, 1.54) is 25.7 Å². The van der Waals surface area contributed by atoms with Gasteiger partial charge in [-0.15, -0.1) is 0 Å². The van der Waals surface area contributed by atoms with Crippen LogP contribution < -0.4 is 5.43 Å². The van der Waals surface area contributed by atoms with E-state index in [1.54, 1.807) is 12.1 Å². The number of unbranched alkanes of at least 4 members (excludes halogenated alkanes) is 3. The first-order valence-corrected chi connectivity index (χ1v) is 5.41. The third-order valence-corrected chi connectivity index (χ3v) is 2.48. The Hall–Kier alpha value is -1.05. The average Bonchev–Trinajstić information content (AvgIpc) is 2.15. The molecule has 1 rings (SSSR count). The maximum atomic E-state index is 11.0. The van der Waals surface area contributed by atoms with Crippen LogP contribution in [0.1, 0.15) is 38.3 Å². The Bertz CT molecular complexity index is 327. The van der Waals surface area contributed by atoms with Gasteiger partial charge in [0.05, 0.1) is 0 Å². The van der Waals surface area contributed by atoms with Gasteiger partial charge in [0.1, 0.15) is 0 Å². The lowest BCUT2D eigenvalue weighted by Gasteiger charge is -2.09. The maximum Gasteiger partial charge on any atom is 0.181 e. The van der Waals surface area contributed by atoms with E-state index in [0.717, 1.165) is 12.2 Å². The number of aryl methyl sites for hydroxylation is 2. The largest absolute Gasteiger partial charge is 0.351 e. The van der Waals surface area contributed by atoms with Gasteiger partial charge in [0.15, 0.2) is 5.43 Å². The highest BCUT2D eigenvalue weighted by molar-refractivity contribution is 5.04. The zero-order valence-corrected chi connectivity index (χ0v) is 9.12. The molecule has 0 bridgehead atoms. The Balaban J connectivity index is 2.46. The molecule has 0 unspecified atom stereocenters. The van der Waals surface area contributed by atoms with Crippen molar-refractivity contribution < 1.29 is 0 Å². The van der Waals surface area contributed by atoms with E-state index in [4.69, 9.17) is 0 Å². The lowest BCUT2D eigenvalue weighted by atomic mass is 10.2. The molecule has 0 atom stereocenters. The van der Waals surface area contributed by atoms with Gasteiger partial charge < -0.3 is 4.57 Å². The lowest BCUT2D eigenvalue weighted by Crippen LogP contribution is -2.08. The molecule has 0 aliphatic heterocycles. The highest BCUT2D eigenvalue weighted by Crippen LogP contribution is 2.03. The Morgan fingerprint density at radius 2 is 2.07 bits per heavy atom. The molecular weight excluding hydrogens is 174 g/mol. The van der Waals surface area contributed by atoms with Gasteiger partial charge in [0.25, 0.3) is 0 Å². The van der Waals surface area contributed by atoms with Crippen LogP contribution in [-0.2, 0) is 6.54 Å². The molecule has 14 heavy (non-hydrogen) atoms. The fourth-order valence-corrected chi connectivity index (χ4v) is 1.58. The molecule has 2 nitrogen and oxygen atoms in total. The van der Waals surface area contributed by atoms with Crippen LogP contribution in [0, 0.1) is 6.92 Å². The topological polar surface area (TPSA) is 22.0 Å². The molecule has 78 valence electrons. The second-order valence-electron chi connectivity index (χ2n) is 3.76. The van der Waals surface area contributed by atoms with Crippen LogP contribution in [-0.4, -0.2) is 4.57 Å². The second-order valence-corrected chi connectivity index (χ2v) is 3.76. The minimum atomic E-state index is 0.104. The molecule has 0 aliphatic carbocycles. The minimum absolute atomic E-state index is 0.104. The molecule has 0 spiro atoms. The van der Waals surface area contributed by atoms with Crippen molar-refractivity contribution in [1.82, 2.24) is 4.57 Å². The van der Waals surface area contributed by atoms with Crippen molar-refractivity contribution in [2.24, 2.45) is 0 Å². The fourth-order valence-electron chi connectivity index (χ4n) is 1.58. The standard InChI is InChI=1S/C12H19NO/c1-3-4-5-6-8-13-9-7-12(14)10-11(13)2/h7,9-10H,3-6,8H2,1-2H3. The van der Waals surface area contributed by atoms with Crippen LogP contribution in [0.4, 0.5) is 0 Å². The molecule has 0 aromatic carbocycles. The predicted octanol–water partition coefficient (Wildman–Crippen LogP) is 2.74. The summed E-state index contributed by atoms with van der Waals surface area (Å²) < 4.78 is 2.15. The van der Waals surface area contributed by atoms with Crippen molar-refractivity contribution in [1.29, 1.82) is 0 Å². The summed E-state index contributed by atoms with van der Waals surface area (Å²) in [6.45, 7) is 5.23. The lowest BCUT2D eigenvalue weighted by molar-refractivity contribution is 0.571. The van der Waals surface area contributed by atoms with Crippen molar-refractivity contribution >= 4 is 0 Å². The van der Waals surface area contributed by atoms with Gasteiger partial charge in [0, 0.05) is 30.6 Å². The molecule has 1 aromatic heterocycles. The van der Waals surface area contributed by atoms with Gasteiger partial charge in [-0.1, -0.05) is 26.2 Å². The molecular formula is C12H19NO. The smallest absolute Gasteiger partial charge is 0.181 e. The van der Waals surface area contributed by atoms with Crippen LogP contribution in [0.25, 0.3) is 0 Å². The van der Waals surface area contributed by atoms with E-state index in [-0.39, 0.29) is 5.43 Å². The van der Waals surface area contributed by atoms with Crippen LogP contribution in [0.15, 0.2) is 23.1 Å². The Kier molecular flexibility index (Phi) is 4.44. The van der Waals surface area contributed by atoms with Gasteiger partial charge >= 0.3 is 0 Å². The Morgan fingerprint density at radius 3 is 2.71 bits per heavy atom. The quantitative estimate of drug-likeness (QED) is 0.659. The number of nitrogens with zero attached hydrogens (tertiary/aromatic N) is 1. The van der Waals surface area contributed by atoms with Crippen molar-refractivity contribution in [3.05, 3.63) is 34.2 Å². The first kappa shape index (κ1) is 11.0. The third kappa shape index (κ3) is 3.36. The molecule has 0 aliphatic rings. The third-order valence-electron chi connectivity index (χ3n) is 2.48. The number of hydrogen-bond donors (Lipinski definition) is 0. The summed E-state index contributed by atoms with van der Waals surface area (Å²) in [5.74, 6) is 0. The SMILES string of the molecule is CCCCCCn1ccc(=O)cc1C. The molecule has 2 heteroatoms. The molecule has 0 saturated carbocycles. The van der Waals surface area contributed by atoms with E-state index >= 15 is 0 Å². The summed E-state index contributed by atoms with van der Waals surface area (Å²) in [5.41, 5.74) is 1.17. The van der Waals surface area contributed by atoms with Crippen molar-refractivity contribution in [3.8, 4) is 0 Å². The zero-order chi connectivity index (χ0) is 10.4. The minimum Gasteiger partial charge on any atom is -0.351 e.